The molecule has 1 spiro atoms. The Kier molecular flexibility index (Phi) is 3.57. The molecule has 0 radical (unpaired) electrons. The Balaban J connectivity index is 1.92. The molecular formula is C13H25NO2. The van der Waals surface area contributed by atoms with E-state index < -0.39 is 5.60 Å². The molecule has 0 aromatic carbocycles. The lowest BCUT2D eigenvalue weighted by Crippen LogP contribution is -2.53. The van der Waals surface area contributed by atoms with Gasteiger partial charge in [-0.05, 0) is 51.5 Å². The van der Waals surface area contributed by atoms with Crippen LogP contribution >= 0.6 is 0 Å². The highest BCUT2D eigenvalue weighted by Gasteiger charge is 2.46. The summed E-state index contributed by atoms with van der Waals surface area (Å²) in [6.45, 7) is 6.49. The molecule has 1 aliphatic carbocycles. The molecule has 1 heterocycles. The average molecular weight is 227 g/mol. The molecule has 2 unspecified atom stereocenters. The molecule has 1 saturated carbocycles. The lowest BCUT2D eigenvalue weighted by molar-refractivity contribution is -0.171. The molecule has 2 atom stereocenters. The lowest BCUT2D eigenvalue weighted by atomic mass is 9.68. The van der Waals surface area contributed by atoms with E-state index in [1.165, 1.54) is 19.3 Å². The second-order valence-corrected chi connectivity index (χ2v) is 5.71. The van der Waals surface area contributed by atoms with Gasteiger partial charge in [-0.3, -0.25) is 0 Å². The van der Waals surface area contributed by atoms with Crippen LogP contribution in [0.15, 0.2) is 0 Å². The Morgan fingerprint density at radius 2 is 2.25 bits per heavy atom. The second kappa shape index (κ2) is 4.63. The summed E-state index contributed by atoms with van der Waals surface area (Å²) in [7, 11) is 0. The SMILES string of the molecule is CCNCC(C)(O)C1CCOC2(CCC2)C1. The van der Waals surface area contributed by atoms with Gasteiger partial charge in [0, 0.05) is 13.2 Å². The number of rotatable bonds is 4. The fourth-order valence-electron chi connectivity index (χ4n) is 3.00. The molecule has 0 amide bonds. The van der Waals surface area contributed by atoms with E-state index in [0.717, 1.165) is 26.0 Å². The van der Waals surface area contributed by atoms with Crippen LogP contribution < -0.4 is 5.32 Å². The first kappa shape index (κ1) is 12.3. The van der Waals surface area contributed by atoms with Gasteiger partial charge in [0.2, 0.25) is 0 Å². The van der Waals surface area contributed by atoms with Crippen molar-refractivity contribution in [1.82, 2.24) is 5.32 Å². The van der Waals surface area contributed by atoms with Gasteiger partial charge < -0.3 is 15.2 Å². The molecule has 3 heteroatoms. The quantitative estimate of drug-likeness (QED) is 0.768. The Labute approximate surface area is 98.6 Å². The van der Waals surface area contributed by atoms with Crippen molar-refractivity contribution < 1.29 is 9.84 Å². The number of hydrogen-bond donors (Lipinski definition) is 2. The van der Waals surface area contributed by atoms with Crippen LogP contribution in [0.2, 0.25) is 0 Å². The predicted molar refractivity (Wildman–Crippen MR) is 64.4 cm³/mol. The zero-order valence-electron chi connectivity index (χ0n) is 10.6. The molecule has 0 aromatic rings. The molecule has 16 heavy (non-hydrogen) atoms. The fraction of sp³-hybridized carbons (Fsp3) is 1.00. The number of aliphatic hydroxyl groups is 1. The van der Waals surface area contributed by atoms with Crippen molar-refractivity contribution in [3.63, 3.8) is 0 Å². The van der Waals surface area contributed by atoms with Crippen LogP contribution in [-0.2, 0) is 4.74 Å². The maximum absolute atomic E-state index is 10.5. The first-order chi connectivity index (χ1) is 7.58. The van der Waals surface area contributed by atoms with Gasteiger partial charge >= 0.3 is 0 Å². The summed E-state index contributed by atoms with van der Waals surface area (Å²) >= 11 is 0. The molecule has 2 rings (SSSR count). The van der Waals surface area contributed by atoms with Gasteiger partial charge in [0.1, 0.15) is 0 Å². The molecule has 1 saturated heterocycles. The van der Waals surface area contributed by atoms with E-state index in [-0.39, 0.29) is 5.60 Å². The minimum atomic E-state index is -0.581. The third kappa shape index (κ3) is 2.41. The van der Waals surface area contributed by atoms with Gasteiger partial charge in [-0.1, -0.05) is 6.92 Å². The van der Waals surface area contributed by atoms with Crippen molar-refractivity contribution in [3.05, 3.63) is 0 Å². The van der Waals surface area contributed by atoms with E-state index in [1.54, 1.807) is 0 Å². The van der Waals surface area contributed by atoms with Crippen LogP contribution in [0.1, 0.15) is 46.0 Å². The van der Waals surface area contributed by atoms with Gasteiger partial charge in [0.25, 0.3) is 0 Å². The van der Waals surface area contributed by atoms with Crippen LogP contribution in [0.5, 0.6) is 0 Å². The van der Waals surface area contributed by atoms with Gasteiger partial charge in [0.15, 0.2) is 0 Å². The molecule has 0 bridgehead atoms. The second-order valence-electron chi connectivity index (χ2n) is 5.71. The van der Waals surface area contributed by atoms with E-state index in [4.69, 9.17) is 4.74 Å². The number of likely N-dealkylation sites (N-methyl/N-ethyl adjacent to an activating group) is 1. The van der Waals surface area contributed by atoms with Crippen molar-refractivity contribution >= 4 is 0 Å². The van der Waals surface area contributed by atoms with Gasteiger partial charge in [-0.15, -0.1) is 0 Å². The predicted octanol–water partition coefficient (Wildman–Crippen LogP) is 1.70. The number of ether oxygens (including phenoxy) is 1. The standard InChI is InChI=1S/C13H25NO2/c1-3-14-10-12(2,15)11-5-8-16-13(9-11)6-4-7-13/h11,14-15H,3-10H2,1-2H3. The van der Waals surface area contributed by atoms with Crippen LogP contribution in [0.25, 0.3) is 0 Å². The molecule has 2 fully saturated rings. The zero-order valence-corrected chi connectivity index (χ0v) is 10.6. The average Bonchev–Trinajstić information content (AvgIpc) is 2.24. The van der Waals surface area contributed by atoms with E-state index in [1.807, 2.05) is 6.92 Å². The largest absolute Gasteiger partial charge is 0.389 e. The van der Waals surface area contributed by atoms with Crippen LogP contribution in [-0.4, -0.2) is 36.0 Å². The topological polar surface area (TPSA) is 41.5 Å². The Morgan fingerprint density at radius 3 is 2.81 bits per heavy atom. The van der Waals surface area contributed by atoms with E-state index >= 15 is 0 Å². The highest BCUT2D eigenvalue weighted by Crippen LogP contribution is 2.46. The Morgan fingerprint density at radius 1 is 1.50 bits per heavy atom. The highest BCUT2D eigenvalue weighted by molar-refractivity contribution is 4.98. The van der Waals surface area contributed by atoms with Crippen LogP contribution in [0.4, 0.5) is 0 Å². The third-order valence-corrected chi connectivity index (χ3v) is 4.37. The molecular weight excluding hydrogens is 202 g/mol. The van der Waals surface area contributed by atoms with Gasteiger partial charge in [-0.25, -0.2) is 0 Å². The summed E-state index contributed by atoms with van der Waals surface area (Å²) in [4.78, 5) is 0. The highest BCUT2D eigenvalue weighted by atomic mass is 16.5. The normalized spacial score (nSPS) is 32.1. The van der Waals surface area contributed by atoms with Crippen molar-refractivity contribution in [3.8, 4) is 0 Å². The van der Waals surface area contributed by atoms with E-state index in [0.29, 0.717) is 12.5 Å². The maximum atomic E-state index is 10.5. The van der Waals surface area contributed by atoms with E-state index in [9.17, 15) is 5.11 Å². The lowest BCUT2D eigenvalue weighted by Gasteiger charge is -2.50. The Bertz CT molecular complexity index is 236. The summed E-state index contributed by atoms with van der Waals surface area (Å²) in [5.41, 5.74) is -0.443. The molecule has 94 valence electrons. The first-order valence-electron chi connectivity index (χ1n) is 6.65. The number of nitrogens with one attached hydrogen (secondary N) is 1. The fourth-order valence-corrected chi connectivity index (χ4v) is 3.00. The van der Waals surface area contributed by atoms with Crippen molar-refractivity contribution in [2.24, 2.45) is 5.92 Å². The zero-order chi connectivity index (χ0) is 11.6. The Hall–Kier alpha value is -0.120. The first-order valence-corrected chi connectivity index (χ1v) is 6.65. The van der Waals surface area contributed by atoms with E-state index in [2.05, 4.69) is 12.2 Å². The minimum absolute atomic E-state index is 0.138. The molecule has 2 aliphatic rings. The van der Waals surface area contributed by atoms with Crippen molar-refractivity contribution in [2.75, 3.05) is 19.7 Å². The summed E-state index contributed by atoms with van der Waals surface area (Å²) < 4.78 is 5.90. The molecule has 3 nitrogen and oxygen atoms in total. The van der Waals surface area contributed by atoms with Crippen molar-refractivity contribution in [1.29, 1.82) is 0 Å². The third-order valence-electron chi connectivity index (χ3n) is 4.37. The van der Waals surface area contributed by atoms with Crippen LogP contribution in [0.3, 0.4) is 0 Å². The smallest absolute Gasteiger partial charge is 0.0773 e. The molecule has 0 aromatic heterocycles. The summed E-state index contributed by atoms with van der Waals surface area (Å²) in [6.07, 6.45) is 5.73. The summed E-state index contributed by atoms with van der Waals surface area (Å²) in [6, 6.07) is 0. The monoisotopic (exact) mass is 227 g/mol. The molecule has 2 N–H and O–H groups in total. The number of hydrogen-bond acceptors (Lipinski definition) is 3. The van der Waals surface area contributed by atoms with Crippen LogP contribution in [0, 0.1) is 5.92 Å². The summed E-state index contributed by atoms with van der Waals surface area (Å²) in [5, 5.41) is 13.8. The summed E-state index contributed by atoms with van der Waals surface area (Å²) in [5.74, 6) is 0.389. The van der Waals surface area contributed by atoms with Crippen molar-refractivity contribution in [2.45, 2.75) is 57.2 Å². The minimum Gasteiger partial charge on any atom is -0.389 e. The molecule has 1 aliphatic heterocycles. The van der Waals surface area contributed by atoms with Gasteiger partial charge in [-0.2, -0.15) is 0 Å². The maximum Gasteiger partial charge on any atom is 0.0773 e. The van der Waals surface area contributed by atoms with Gasteiger partial charge in [0.05, 0.1) is 11.2 Å².